The normalized spacial score (nSPS) is 16.1. The van der Waals surface area contributed by atoms with Gasteiger partial charge in [-0.3, -0.25) is 13.9 Å². The molecule has 0 saturated carbocycles. The van der Waals surface area contributed by atoms with Crippen molar-refractivity contribution in [2.24, 2.45) is 19.2 Å². The molecule has 0 amide bonds. The summed E-state index contributed by atoms with van der Waals surface area (Å²) in [6.07, 6.45) is 0.416. The van der Waals surface area contributed by atoms with E-state index >= 15 is 0 Å². The number of fused-ring (bicyclic) bond motifs is 2. The highest BCUT2D eigenvalue weighted by molar-refractivity contribution is 6.06. The first-order valence-corrected chi connectivity index (χ1v) is 9.69. The number of nitrogens with zero attached hydrogens (tertiary/aromatic N) is 3. The van der Waals surface area contributed by atoms with Gasteiger partial charge in [-0.05, 0) is 33.2 Å². The first-order valence-electron chi connectivity index (χ1n) is 9.69. The average molecular weight is 400 g/mol. The summed E-state index contributed by atoms with van der Waals surface area (Å²) in [6.45, 7) is 0. The van der Waals surface area contributed by atoms with E-state index in [0.717, 1.165) is 36.2 Å². The highest BCUT2D eigenvalue weighted by Crippen LogP contribution is 2.36. The van der Waals surface area contributed by atoms with Crippen LogP contribution in [0.3, 0.4) is 0 Å². The van der Waals surface area contributed by atoms with Crippen LogP contribution in [0.2, 0.25) is 0 Å². The monoisotopic (exact) mass is 400 g/mol. The third-order valence-electron chi connectivity index (χ3n) is 5.84. The lowest BCUT2D eigenvalue weighted by Gasteiger charge is -2.17. The van der Waals surface area contributed by atoms with E-state index in [0.29, 0.717) is 12.1 Å². The molecule has 0 radical (unpaired) electrons. The zero-order valence-electron chi connectivity index (χ0n) is 16.6. The van der Waals surface area contributed by atoms with E-state index in [9.17, 15) is 14.7 Å². The van der Waals surface area contributed by atoms with Crippen molar-refractivity contribution in [3.63, 3.8) is 0 Å². The zero-order valence-corrected chi connectivity index (χ0v) is 16.6. The maximum absolute atomic E-state index is 12.7. The summed E-state index contributed by atoms with van der Waals surface area (Å²) >= 11 is 0. The van der Waals surface area contributed by atoms with Crippen molar-refractivity contribution >= 4 is 27.3 Å². The molecule has 3 aromatic carbocycles. The van der Waals surface area contributed by atoms with Gasteiger partial charge in [0.15, 0.2) is 0 Å². The molecule has 4 aromatic rings. The molecule has 0 bridgehead atoms. The summed E-state index contributed by atoms with van der Waals surface area (Å²) in [6, 6.07) is 18.4. The highest BCUT2D eigenvalue weighted by Gasteiger charge is 2.29. The fourth-order valence-corrected chi connectivity index (χ4v) is 4.28. The third-order valence-corrected chi connectivity index (χ3v) is 5.84. The largest absolute Gasteiger partial charge is 0.494 e. The number of aromatic hydroxyl groups is 1. The molecule has 7 nitrogen and oxygen atoms in total. The first-order chi connectivity index (χ1) is 14.5. The predicted molar refractivity (Wildman–Crippen MR) is 117 cm³/mol. The predicted octanol–water partition coefficient (Wildman–Crippen LogP) is 2.53. The molecule has 1 aliphatic heterocycles. The number of hydrazone groups is 1. The minimum Gasteiger partial charge on any atom is -0.494 e. The van der Waals surface area contributed by atoms with Crippen molar-refractivity contribution in [1.82, 2.24) is 14.6 Å². The Morgan fingerprint density at radius 3 is 2.20 bits per heavy atom. The molecule has 0 unspecified atom stereocenters. The van der Waals surface area contributed by atoms with Crippen LogP contribution in [0.4, 0.5) is 0 Å². The lowest BCUT2D eigenvalue weighted by atomic mass is 9.90. The Labute approximate surface area is 171 Å². The Bertz CT molecular complexity index is 1430. The van der Waals surface area contributed by atoms with Gasteiger partial charge in [-0.15, -0.1) is 0 Å². The molecule has 0 aliphatic carbocycles. The van der Waals surface area contributed by atoms with Crippen LogP contribution >= 0.6 is 0 Å². The fourth-order valence-electron chi connectivity index (χ4n) is 4.28. The van der Waals surface area contributed by atoms with E-state index < -0.39 is 11.2 Å². The first kappa shape index (κ1) is 18.2. The Kier molecular flexibility index (Phi) is 3.99. The van der Waals surface area contributed by atoms with Crippen LogP contribution in [0.25, 0.3) is 21.5 Å². The van der Waals surface area contributed by atoms with Crippen molar-refractivity contribution in [2.45, 2.75) is 12.5 Å². The Morgan fingerprint density at radius 1 is 0.967 bits per heavy atom. The standard InChI is InChI=1S/C23H20N4O3/c1-26-21(28)20(22(29)27(2)23(26)30)18-12-17(24-25-18)19-15-9-5-3-7-13(15)11-14-8-4-6-10-16(14)19/h3-11,17,24,28H,12H2,1-2H3/t17-/m0/s1. The van der Waals surface area contributed by atoms with E-state index in [2.05, 4.69) is 40.9 Å². The van der Waals surface area contributed by atoms with Gasteiger partial charge < -0.3 is 10.5 Å². The Morgan fingerprint density at radius 2 is 1.57 bits per heavy atom. The van der Waals surface area contributed by atoms with Crippen molar-refractivity contribution in [2.75, 3.05) is 0 Å². The van der Waals surface area contributed by atoms with Gasteiger partial charge in [0, 0.05) is 20.5 Å². The van der Waals surface area contributed by atoms with Crippen LogP contribution in [0, 0.1) is 0 Å². The number of nitrogens with one attached hydrogen (secondary N) is 1. The summed E-state index contributed by atoms with van der Waals surface area (Å²) in [4.78, 5) is 24.8. The quantitative estimate of drug-likeness (QED) is 0.506. The molecule has 0 fully saturated rings. The maximum atomic E-state index is 12.7. The van der Waals surface area contributed by atoms with Gasteiger partial charge in [0.2, 0.25) is 5.88 Å². The molecule has 5 rings (SSSR count). The van der Waals surface area contributed by atoms with Gasteiger partial charge in [-0.2, -0.15) is 5.10 Å². The molecule has 2 heterocycles. The average Bonchev–Trinajstić information content (AvgIpc) is 3.24. The Balaban J connectivity index is 1.66. The molecule has 2 N–H and O–H groups in total. The van der Waals surface area contributed by atoms with Gasteiger partial charge >= 0.3 is 5.69 Å². The summed E-state index contributed by atoms with van der Waals surface area (Å²) < 4.78 is 2.04. The van der Waals surface area contributed by atoms with E-state index in [-0.39, 0.29) is 17.5 Å². The van der Waals surface area contributed by atoms with Gasteiger partial charge in [0.25, 0.3) is 5.56 Å². The molecule has 1 atom stereocenters. The van der Waals surface area contributed by atoms with Crippen molar-refractivity contribution in [3.05, 3.63) is 86.6 Å². The van der Waals surface area contributed by atoms with Crippen molar-refractivity contribution in [3.8, 4) is 5.88 Å². The van der Waals surface area contributed by atoms with Crippen LogP contribution in [-0.4, -0.2) is 20.0 Å². The second kappa shape index (κ2) is 6.59. The molecule has 1 aromatic heterocycles. The lowest BCUT2D eigenvalue weighted by molar-refractivity contribution is 0.410. The lowest BCUT2D eigenvalue weighted by Crippen LogP contribution is -2.39. The summed E-state index contributed by atoms with van der Waals surface area (Å²) in [5, 5.41) is 19.4. The third kappa shape index (κ3) is 2.55. The van der Waals surface area contributed by atoms with E-state index in [1.54, 1.807) is 0 Å². The van der Waals surface area contributed by atoms with Crippen LogP contribution in [0.5, 0.6) is 5.88 Å². The molecule has 7 heteroatoms. The van der Waals surface area contributed by atoms with Crippen LogP contribution in [0.1, 0.15) is 23.6 Å². The zero-order chi connectivity index (χ0) is 21.0. The van der Waals surface area contributed by atoms with Gasteiger partial charge in [-0.25, -0.2) is 4.79 Å². The minimum absolute atomic E-state index is 0.0548. The number of rotatable bonds is 2. The molecule has 150 valence electrons. The maximum Gasteiger partial charge on any atom is 0.333 e. The molecule has 30 heavy (non-hydrogen) atoms. The molecular formula is C23H20N4O3. The van der Waals surface area contributed by atoms with Crippen LogP contribution in [-0.2, 0) is 14.1 Å². The van der Waals surface area contributed by atoms with E-state index in [4.69, 9.17) is 0 Å². The number of hydrogen-bond acceptors (Lipinski definition) is 5. The highest BCUT2D eigenvalue weighted by atomic mass is 16.3. The number of hydrogen-bond donors (Lipinski definition) is 2. The summed E-state index contributed by atoms with van der Waals surface area (Å²) in [5.74, 6) is -0.368. The minimum atomic E-state index is -0.579. The van der Waals surface area contributed by atoms with Crippen LogP contribution < -0.4 is 16.7 Å². The summed E-state index contributed by atoms with van der Waals surface area (Å²) in [5.41, 5.74) is 3.61. The fraction of sp³-hybridized carbons (Fsp3) is 0.174. The van der Waals surface area contributed by atoms with Crippen molar-refractivity contribution < 1.29 is 5.11 Å². The van der Waals surface area contributed by atoms with Crippen LogP contribution in [0.15, 0.2) is 69.3 Å². The molecule has 1 aliphatic rings. The molecule has 0 saturated heterocycles. The molecule has 0 spiro atoms. The Hall–Kier alpha value is -3.87. The SMILES string of the molecule is Cn1c(O)c(C2=NN[C@H](c3c4ccccc4cc4ccccc34)C2)c(=O)n(C)c1=O. The molecular weight excluding hydrogens is 380 g/mol. The van der Waals surface area contributed by atoms with Crippen molar-refractivity contribution in [1.29, 1.82) is 0 Å². The number of benzene rings is 3. The van der Waals surface area contributed by atoms with Gasteiger partial charge in [-0.1, -0.05) is 48.5 Å². The second-order valence-electron chi connectivity index (χ2n) is 7.58. The van der Waals surface area contributed by atoms with Gasteiger partial charge in [0.1, 0.15) is 5.56 Å². The van der Waals surface area contributed by atoms with E-state index in [1.807, 2.05) is 24.3 Å². The topological polar surface area (TPSA) is 88.6 Å². The van der Waals surface area contributed by atoms with E-state index in [1.165, 1.54) is 14.1 Å². The van der Waals surface area contributed by atoms with Gasteiger partial charge in [0.05, 0.1) is 11.8 Å². The smallest absolute Gasteiger partial charge is 0.333 e. The summed E-state index contributed by atoms with van der Waals surface area (Å²) in [7, 11) is 2.82. The second-order valence-corrected chi connectivity index (χ2v) is 7.58. The number of aromatic nitrogens is 2.